The lowest BCUT2D eigenvalue weighted by Gasteiger charge is -2.53. The number of aliphatic carboxylic acids is 1. The highest BCUT2D eigenvalue weighted by Gasteiger charge is 2.59. The van der Waals surface area contributed by atoms with Crippen molar-refractivity contribution in [3.05, 3.63) is 0 Å². The van der Waals surface area contributed by atoms with Crippen LogP contribution in [0, 0.1) is 11.8 Å². The predicted molar refractivity (Wildman–Crippen MR) is 263 cm³/mol. The summed E-state index contributed by atoms with van der Waals surface area (Å²) in [6.07, 6.45) is 32.2. The number of hydrogen-bond acceptors (Lipinski definition) is 9. The molecule has 1 rings (SSSR count). The summed E-state index contributed by atoms with van der Waals surface area (Å²) < 4.78 is 6.21. The summed E-state index contributed by atoms with van der Waals surface area (Å²) in [6.45, 7) is 7.72. The Bertz CT molecular complexity index is 1220. The van der Waals surface area contributed by atoms with E-state index in [2.05, 4.69) is 19.2 Å². The number of rotatable bonds is 44. The van der Waals surface area contributed by atoms with Crippen molar-refractivity contribution < 1.29 is 44.3 Å². The van der Waals surface area contributed by atoms with Crippen LogP contribution in [0.2, 0.25) is 0 Å². The second kappa shape index (κ2) is 38.8. The first kappa shape index (κ1) is 60.9. The second-order valence-electron chi connectivity index (χ2n) is 20.0. The molecule has 1 heterocycles. The van der Waals surface area contributed by atoms with E-state index >= 15 is 0 Å². The molecule has 65 heavy (non-hydrogen) atoms. The number of nitrogens with zero attached hydrogens (tertiary/aromatic N) is 1. The van der Waals surface area contributed by atoms with Crippen molar-refractivity contribution in [2.24, 2.45) is 17.6 Å². The Balaban J connectivity index is 2.99. The summed E-state index contributed by atoms with van der Waals surface area (Å²) >= 11 is 0. The van der Waals surface area contributed by atoms with Crippen LogP contribution in [0.15, 0.2) is 0 Å². The quantitative estimate of drug-likeness (QED) is 0.0252. The average Bonchev–Trinajstić information content (AvgIpc) is 3.26. The van der Waals surface area contributed by atoms with Crippen molar-refractivity contribution in [2.45, 2.75) is 289 Å². The van der Waals surface area contributed by atoms with E-state index in [1.165, 1.54) is 146 Å². The minimum Gasteiger partial charge on any atom is -0.481 e. The molecule has 0 radical (unpaired) electrons. The van der Waals surface area contributed by atoms with Crippen LogP contribution in [0.25, 0.3) is 0 Å². The number of ether oxygens (including phenoxy) is 1. The Morgan fingerprint density at radius 2 is 0.985 bits per heavy atom. The molecule has 382 valence electrons. The van der Waals surface area contributed by atoms with Crippen LogP contribution in [0.4, 0.5) is 0 Å². The molecular formula is C53H101N3O9. The third-order valence-corrected chi connectivity index (χ3v) is 13.5. The van der Waals surface area contributed by atoms with Gasteiger partial charge < -0.3 is 35.4 Å². The second-order valence-corrected chi connectivity index (χ2v) is 20.0. The van der Waals surface area contributed by atoms with Crippen LogP contribution in [0.3, 0.4) is 0 Å². The van der Waals surface area contributed by atoms with E-state index in [1.807, 2.05) is 13.8 Å². The summed E-state index contributed by atoms with van der Waals surface area (Å²) in [5.74, 6) is -6.51. The molecule has 0 aromatic rings. The fourth-order valence-corrected chi connectivity index (χ4v) is 9.49. The lowest BCUT2D eigenvalue weighted by molar-refractivity contribution is -0.292. The van der Waals surface area contributed by atoms with Gasteiger partial charge in [-0.25, -0.2) is 0 Å². The Hall–Kier alpha value is -2.12. The van der Waals surface area contributed by atoms with Crippen molar-refractivity contribution >= 4 is 23.6 Å². The Morgan fingerprint density at radius 1 is 0.585 bits per heavy atom. The fraction of sp³-hybridized carbons (Fsp3) is 0.925. The number of ketones is 1. The van der Waals surface area contributed by atoms with Gasteiger partial charge in [-0.3, -0.25) is 24.9 Å². The van der Waals surface area contributed by atoms with Gasteiger partial charge in [0.05, 0.1) is 18.8 Å². The van der Waals surface area contributed by atoms with Crippen LogP contribution in [0.5, 0.6) is 0 Å². The Labute approximate surface area is 396 Å². The minimum atomic E-state index is -2.21. The van der Waals surface area contributed by atoms with Crippen LogP contribution in [-0.2, 0) is 23.9 Å². The van der Waals surface area contributed by atoms with Gasteiger partial charge in [-0.1, -0.05) is 214 Å². The largest absolute Gasteiger partial charge is 0.481 e. The number of unbranched alkanes of at least 4 members (excludes halogenated alkanes) is 29. The number of Topliss-reactive ketones (excluding diaryl/α,β-unsaturated/α-hetero) is 1. The van der Waals surface area contributed by atoms with Gasteiger partial charge in [0, 0.05) is 25.8 Å². The highest BCUT2D eigenvalue weighted by atomic mass is 16.6. The number of aliphatic hydroxyl groups excluding tert-OH is 3. The number of nitrogens with one attached hydrogen (secondary N) is 1. The summed E-state index contributed by atoms with van der Waals surface area (Å²) in [4.78, 5) is 54.5. The zero-order chi connectivity index (χ0) is 48.1. The van der Waals surface area contributed by atoms with E-state index in [0.29, 0.717) is 12.8 Å². The molecule has 2 amide bonds. The third kappa shape index (κ3) is 27.5. The summed E-state index contributed by atoms with van der Waals surface area (Å²) in [5.41, 5.74) is 7.11. The number of amides is 2. The lowest BCUT2D eigenvalue weighted by atomic mass is 9.79. The molecule has 0 aromatic carbocycles. The van der Waals surface area contributed by atoms with E-state index in [9.17, 15) is 34.5 Å². The van der Waals surface area contributed by atoms with Gasteiger partial charge in [0.1, 0.15) is 18.1 Å². The first-order valence-corrected chi connectivity index (χ1v) is 27.1. The number of carboxylic acid groups (broad SMARTS) is 1. The SMILES string of the molecule is CCCCCCCCCCCCCCCCCCN(C(=O)CCCCCCCCCCCCCCCCC)[C@]1(N)O[C@H](CO)[C@@H](O)[C@H](O)[C@H]1C(=O)[C@H](CC(C)C)NC(=O)CCCC(=O)O. The third-order valence-electron chi connectivity index (χ3n) is 13.5. The molecule has 1 aliphatic rings. The molecule has 7 N–H and O–H groups in total. The van der Waals surface area contributed by atoms with Crippen molar-refractivity contribution in [3.8, 4) is 0 Å². The van der Waals surface area contributed by atoms with Crippen molar-refractivity contribution in [1.82, 2.24) is 10.2 Å². The molecule has 0 bridgehead atoms. The maximum atomic E-state index is 14.6. The van der Waals surface area contributed by atoms with E-state index in [4.69, 9.17) is 15.6 Å². The first-order valence-electron chi connectivity index (χ1n) is 27.1. The van der Waals surface area contributed by atoms with Gasteiger partial charge >= 0.3 is 5.97 Å². The number of carbonyl (C=O) groups excluding carboxylic acids is 3. The number of carbonyl (C=O) groups is 4. The number of aliphatic hydroxyl groups is 3. The number of hydrogen-bond donors (Lipinski definition) is 6. The Morgan fingerprint density at radius 3 is 1.37 bits per heavy atom. The van der Waals surface area contributed by atoms with Gasteiger partial charge in [0.15, 0.2) is 5.78 Å². The van der Waals surface area contributed by atoms with Gasteiger partial charge in [0.25, 0.3) is 0 Å². The molecule has 6 atom stereocenters. The lowest BCUT2D eigenvalue weighted by Crippen LogP contribution is -2.76. The van der Waals surface area contributed by atoms with Crippen LogP contribution in [-0.4, -0.2) is 92.2 Å². The molecule has 0 spiro atoms. The Kier molecular flexibility index (Phi) is 36.4. The van der Waals surface area contributed by atoms with Crippen molar-refractivity contribution in [3.63, 3.8) is 0 Å². The van der Waals surface area contributed by atoms with E-state index in [1.54, 1.807) is 0 Å². The molecule has 0 saturated carbocycles. The number of carboxylic acids is 1. The summed E-state index contributed by atoms with van der Waals surface area (Å²) in [7, 11) is 0. The summed E-state index contributed by atoms with van der Waals surface area (Å²) in [5, 5.41) is 44.8. The normalized spacial score (nSPS) is 20.3. The molecule has 12 nitrogen and oxygen atoms in total. The van der Waals surface area contributed by atoms with Gasteiger partial charge in [0.2, 0.25) is 17.7 Å². The molecule has 1 aliphatic heterocycles. The first-order chi connectivity index (χ1) is 31.3. The zero-order valence-corrected chi connectivity index (χ0v) is 42.2. The van der Waals surface area contributed by atoms with Crippen LogP contribution >= 0.6 is 0 Å². The number of nitrogens with two attached hydrogens (primary N) is 1. The van der Waals surface area contributed by atoms with Gasteiger partial charge in [-0.15, -0.1) is 0 Å². The molecule has 0 unspecified atom stereocenters. The molecular weight excluding hydrogens is 823 g/mol. The van der Waals surface area contributed by atoms with Crippen LogP contribution < -0.4 is 11.1 Å². The topological polar surface area (TPSA) is 200 Å². The smallest absolute Gasteiger partial charge is 0.303 e. The van der Waals surface area contributed by atoms with Crippen LogP contribution in [0.1, 0.15) is 259 Å². The zero-order valence-electron chi connectivity index (χ0n) is 42.2. The summed E-state index contributed by atoms with van der Waals surface area (Å²) in [6, 6.07) is -1.15. The molecule has 0 aliphatic carbocycles. The van der Waals surface area contributed by atoms with Crippen molar-refractivity contribution in [2.75, 3.05) is 13.2 Å². The van der Waals surface area contributed by atoms with Gasteiger partial charge in [-0.2, -0.15) is 0 Å². The van der Waals surface area contributed by atoms with Crippen molar-refractivity contribution in [1.29, 1.82) is 0 Å². The van der Waals surface area contributed by atoms with E-state index in [0.717, 1.165) is 44.9 Å². The highest BCUT2D eigenvalue weighted by Crippen LogP contribution is 2.37. The molecule has 1 saturated heterocycles. The molecule has 1 fully saturated rings. The van der Waals surface area contributed by atoms with Gasteiger partial charge in [-0.05, 0) is 31.6 Å². The standard InChI is InChI=1S/C53H101N3O9/c1-5-7-9-11-13-15-17-19-21-23-25-27-29-31-33-35-40-56(47(59)38-34-32-30-28-26-24-22-20-18-16-14-12-10-8-6-2)53(54)49(52(64)51(63)45(42-57)65-53)50(62)44(41-43(3)4)55-46(58)37-36-39-48(60)61/h43-45,49,51-52,57,63-64H,5-42,54H2,1-4H3,(H,55,58)(H,60,61)/t44-,45+,49+,51+,52+,53-/m0/s1. The fourth-order valence-electron chi connectivity index (χ4n) is 9.49. The monoisotopic (exact) mass is 924 g/mol. The molecule has 0 aromatic heterocycles. The molecule has 12 heteroatoms. The minimum absolute atomic E-state index is 0.0809. The predicted octanol–water partition coefficient (Wildman–Crippen LogP) is 11.0. The maximum absolute atomic E-state index is 14.6. The average molecular weight is 924 g/mol. The van der Waals surface area contributed by atoms with E-state index < -0.39 is 60.4 Å². The highest BCUT2D eigenvalue weighted by molar-refractivity contribution is 5.92. The maximum Gasteiger partial charge on any atom is 0.303 e. The van der Waals surface area contributed by atoms with E-state index in [-0.39, 0.29) is 50.5 Å².